The van der Waals surface area contributed by atoms with Crippen molar-refractivity contribution in [3.63, 3.8) is 0 Å². The van der Waals surface area contributed by atoms with Crippen molar-refractivity contribution in [2.75, 3.05) is 39.3 Å². The minimum absolute atomic E-state index is 0.800. The van der Waals surface area contributed by atoms with Gasteiger partial charge in [0.25, 0.3) is 0 Å². The number of aromatic nitrogens is 2. The van der Waals surface area contributed by atoms with Gasteiger partial charge in [-0.2, -0.15) is 5.10 Å². The number of hydrogen-bond acceptors (Lipinski definition) is 4. The minimum atomic E-state index is 0.800. The van der Waals surface area contributed by atoms with Gasteiger partial charge in [0.2, 0.25) is 0 Å². The third-order valence-corrected chi connectivity index (χ3v) is 3.63. The Kier molecular flexibility index (Phi) is 4.74. The first-order valence-electron chi connectivity index (χ1n) is 6.83. The van der Waals surface area contributed by atoms with E-state index in [1.54, 1.807) is 0 Å². The molecule has 5 nitrogen and oxygen atoms in total. The Balaban J connectivity index is 1.78. The summed E-state index contributed by atoms with van der Waals surface area (Å²) in [6.45, 7) is 9.64. The molecular formula is C13H25N5. The molecule has 1 fully saturated rings. The first kappa shape index (κ1) is 13.5. The van der Waals surface area contributed by atoms with Crippen molar-refractivity contribution in [1.82, 2.24) is 19.6 Å². The predicted molar refractivity (Wildman–Crippen MR) is 73.3 cm³/mol. The molecule has 5 heteroatoms. The van der Waals surface area contributed by atoms with Gasteiger partial charge in [-0.1, -0.05) is 0 Å². The largest absolute Gasteiger partial charge is 0.330 e. The molecule has 1 saturated heterocycles. The van der Waals surface area contributed by atoms with Crippen molar-refractivity contribution < 1.29 is 0 Å². The van der Waals surface area contributed by atoms with Gasteiger partial charge in [-0.05, 0) is 32.5 Å². The van der Waals surface area contributed by atoms with Crippen LogP contribution in [0.15, 0.2) is 6.07 Å². The normalized spacial score (nSPS) is 18.4. The third kappa shape index (κ3) is 3.54. The molecule has 0 radical (unpaired) electrons. The highest BCUT2D eigenvalue weighted by Crippen LogP contribution is 2.09. The highest BCUT2D eigenvalue weighted by atomic mass is 15.3. The van der Waals surface area contributed by atoms with Gasteiger partial charge in [0.1, 0.15) is 0 Å². The van der Waals surface area contributed by atoms with Crippen LogP contribution in [-0.4, -0.2) is 58.8 Å². The highest BCUT2D eigenvalue weighted by Gasteiger charge is 2.17. The number of hydrogen-bond donors (Lipinski definition) is 1. The average molecular weight is 251 g/mol. The maximum atomic E-state index is 5.55. The van der Waals surface area contributed by atoms with E-state index in [-0.39, 0.29) is 0 Å². The molecule has 0 saturated carbocycles. The van der Waals surface area contributed by atoms with E-state index in [1.165, 1.54) is 5.69 Å². The predicted octanol–water partition coefficient (Wildman–Crippen LogP) is 0.195. The number of piperazine rings is 1. The van der Waals surface area contributed by atoms with Gasteiger partial charge in [-0.25, -0.2) is 0 Å². The molecule has 0 atom stereocenters. The maximum Gasteiger partial charge on any atom is 0.0597 e. The van der Waals surface area contributed by atoms with Crippen LogP contribution in [0.1, 0.15) is 17.8 Å². The second kappa shape index (κ2) is 6.31. The lowest BCUT2D eigenvalue weighted by Crippen LogP contribution is -2.46. The SMILES string of the molecule is Cc1cc(CN2CCN(CCCN)CC2)n(C)n1. The molecule has 2 rings (SSSR count). The van der Waals surface area contributed by atoms with Gasteiger partial charge in [-0.3, -0.25) is 9.58 Å². The lowest BCUT2D eigenvalue weighted by molar-refractivity contribution is 0.124. The van der Waals surface area contributed by atoms with Crippen LogP contribution < -0.4 is 5.73 Å². The van der Waals surface area contributed by atoms with E-state index in [9.17, 15) is 0 Å². The summed E-state index contributed by atoms with van der Waals surface area (Å²) < 4.78 is 2.00. The van der Waals surface area contributed by atoms with Gasteiger partial charge in [0.15, 0.2) is 0 Å². The van der Waals surface area contributed by atoms with Crippen LogP contribution in [0.4, 0.5) is 0 Å². The molecule has 0 aliphatic carbocycles. The fraction of sp³-hybridized carbons (Fsp3) is 0.769. The van der Waals surface area contributed by atoms with Crippen molar-refractivity contribution in [1.29, 1.82) is 0 Å². The van der Waals surface area contributed by atoms with Crippen LogP contribution in [0.25, 0.3) is 0 Å². The third-order valence-electron chi connectivity index (χ3n) is 3.63. The molecule has 0 aromatic carbocycles. The Morgan fingerprint density at radius 1 is 1.22 bits per heavy atom. The summed E-state index contributed by atoms with van der Waals surface area (Å²) in [4.78, 5) is 5.02. The molecule has 1 aliphatic rings. The Labute approximate surface area is 110 Å². The van der Waals surface area contributed by atoms with E-state index in [1.807, 2.05) is 18.7 Å². The Bertz CT molecular complexity index is 365. The zero-order chi connectivity index (χ0) is 13.0. The summed E-state index contributed by atoms with van der Waals surface area (Å²) in [7, 11) is 2.03. The molecule has 2 heterocycles. The lowest BCUT2D eigenvalue weighted by Gasteiger charge is -2.34. The summed E-state index contributed by atoms with van der Waals surface area (Å²) in [6, 6.07) is 2.18. The van der Waals surface area contributed by atoms with Gasteiger partial charge >= 0.3 is 0 Å². The van der Waals surface area contributed by atoms with Gasteiger partial charge < -0.3 is 10.6 Å². The standard InChI is InChI=1S/C13H25N5/c1-12-10-13(16(2)15-12)11-18-8-6-17(7-9-18)5-3-4-14/h10H,3-9,11,14H2,1-2H3. The van der Waals surface area contributed by atoms with Gasteiger partial charge in [0, 0.05) is 39.8 Å². The topological polar surface area (TPSA) is 50.3 Å². The molecule has 102 valence electrons. The van der Waals surface area contributed by atoms with Crippen LogP contribution >= 0.6 is 0 Å². The molecule has 2 N–H and O–H groups in total. The summed E-state index contributed by atoms with van der Waals surface area (Å²) in [5.41, 5.74) is 7.96. The summed E-state index contributed by atoms with van der Waals surface area (Å²) >= 11 is 0. The van der Waals surface area contributed by atoms with Crippen LogP contribution in [0, 0.1) is 6.92 Å². The van der Waals surface area contributed by atoms with Crippen LogP contribution in [0.3, 0.4) is 0 Å². The van der Waals surface area contributed by atoms with Crippen LogP contribution in [0.2, 0.25) is 0 Å². The fourth-order valence-corrected chi connectivity index (χ4v) is 2.53. The molecule has 1 aromatic rings. The summed E-state index contributed by atoms with van der Waals surface area (Å²) in [5.74, 6) is 0. The minimum Gasteiger partial charge on any atom is -0.330 e. The van der Waals surface area contributed by atoms with Crippen molar-refractivity contribution in [2.45, 2.75) is 19.9 Å². The zero-order valence-corrected chi connectivity index (χ0v) is 11.6. The van der Waals surface area contributed by atoms with Crippen LogP contribution in [-0.2, 0) is 13.6 Å². The van der Waals surface area contributed by atoms with Crippen molar-refractivity contribution in [2.24, 2.45) is 12.8 Å². The van der Waals surface area contributed by atoms with E-state index in [0.29, 0.717) is 0 Å². The average Bonchev–Trinajstić information content (AvgIpc) is 2.67. The van der Waals surface area contributed by atoms with Crippen molar-refractivity contribution >= 4 is 0 Å². The lowest BCUT2D eigenvalue weighted by atomic mass is 10.2. The number of nitrogens with zero attached hydrogens (tertiary/aromatic N) is 4. The molecule has 1 aromatic heterocycles. The molecule has 0 unspecified atom stereocenters. The summed E-state index contributed by atoms with van der Waals surface area (Å²) in [6.07, 6.45) is 1.11. The summed E-state index contributed by atoms with van der Waals surface area (Å²) in [5, 5.41) is 4.40. The smallest absolute Gasteiger partial charge is 0.0597 e. The number of rotatable bonds is 5. The Morgan fingerprint density at radius 2 is 1.89 bits per heavy atom. The highest BCUT2D eigenvalue weighted by molar-refractivity contribution is 5.08. The number of aryl methyl sites for hydroxylation is 2. The monoisotopic (exact) mass is 251 g/mol. The Morgan fingerprint density at radius 3 is 2.44 bits per heavy atom. The second-order valence-corrected chi connectivity index (χ2v) is 5.16. The Hall–Kier alpha value is -0.910. The van der Waals surface area contributed by atoms with E-state index >= 15 is 0 Å². The van der Waals surface area contributed by atoms with Crippen molar-refractivity contribution in [3.8, 4) is 0 Å². The molecular weight excluding hydrogens is 226 g/mol. The molecule has 18 heavy (non-hydrogen) atoms. The first-order valence-corrected chi connectivity index (χ1v) is 6.83. The molecule has 1 aliphatic heterocycles. The molecule has 0 spiro atoms. The molecule has 0 bridgehead atoms. The first-order chi connectivity index (χ1) is 8.69. The van der Waals surface area contributed by atoms with Crippen molar-refractivity contribution in [3.05, 3.63) is 17.5 Å². The van der Waals surface area contributed by atoms with E-state index < -0.39 is 0 Å². The number of nitrogens with two attached hydrogens (primary N) is 1. The van der Waals surface area contributed by atoms with E-state index in [4.69, 9.17) is 5.73 Å². The maximum absolute atomic E-state index is 5.55. The van der Waals surface area contributed by atoms with E-state index in [2.05, 4.69) is 21.0 Å². The van der Waals surface area contributed by atoms with Gasteiger partial charge in [-0.15, -0.1) is 0 Å². The van der Waals surface area contributed by atoms with Crippen LogP contribution in [0.5, 0.6) is 0 Å². The van der Waals surface area contributed by atoms with E-state index in [0.717, 1.165) is 57.9 Å². The second-order valence-electron chi connectivity index (χ2n) is 5.16. The molecule has 0 amide bonds. The van der Waals surface area contributed by atoms with Gasteiger partial charge in [0.05, 0.1) is 11.4 Å². The zero-order valence-electron chi connectivity index (χ0n) is 11.6. The quantitative estimate of drug-likeness (QED) is 0.812. The fourth-order valence-electron chi connectivity index (χ4n) is 2.53.